The van der Waals surface area contributed by atoms with Gasteiger partial charge in [0.15, 0.2) is 0 Å². The Kier molecular flexibility index (Phi) is 5.95. The van der Waals surface area contributed by atoms with Crippen molar-refractivity contribution in [3.05, 3.63) is 33.3 Å². The molecule has 0 amide bonds. The lowest BCUT2D eigenvalue weighted by Gasteiger charge is -2.12. The Morgan fingerprint density at radius 1 is 1.59 bits per heavy atom. The molecule has 94 valence electrons. The summed E-state index contributed by atoms with van der Waals surface area (Å²) in [6.07, 6.45) is 1.62. The van der Waals surface area contributed by atoms with E-state index < -0.39 is 0 Å². The molecule has 17 heavy (non-hydrogen) atoms. The second kappa shape index (κ2) is 6.99. The largest absolute Gasteiger partial charge is 0.469 e. The maximum absolute atomic E-state index is 11.0. The number of hydrogen-bond donors (Lipinski definition) is 1. The van der Waals surface area contributed by atoms with Gasteiger partial charge in [-0.25, -0.2) is 0 Å². The monoisotopic (exact) mass is 319 g/mol. The number of esters is 1. The van der Waals surface area contributed by atoms with Gasteiger partial charge in [-0.2, -0.15) is 0 Å². The van der Waals surface area contributed by atoms with Gasteiger partial charge in [-0.1, -0.05) is 27.5 Å². The SMILES string of the molecule is COC(=O)CCC(N)Cc1cc(Cl)ccc1Br. The highest BCUT2D eigenvalue weighted by Crippen LogP contribution is 2.22. The van der Waals surface area contributed by atoms with Gasteiger partial charge in [0.05, 0.1) is 7.11 Å². The Balaban J connectivity index is 2.52. The summed E-state index contributed by atoms with van der Waals surface area (Å²) in [5, 5.41) is 0.684. The molecule has 1 aromatic carbocycles. The van der Waals surface area contributed by atoms with Gasteiger partial charge in [-0.05, 0) is 36.6 Å². The molecule has 1 aromatic rings. The normalized spacial score (nSPS) is 12.2. The Labute approximate surface area is 114 Å². The van der Waals surface area contributed by atoms with Crippen LogP contribution in [0.5, 0.6) is 0 Å². The van der Waals surface area contributed by atoms with Crippen LogP contribution in [0.25, 0.3) is 0 Å². The summed E-state index contributed by atoms with van der Waals surface area (Å²) in [4.78, 5) is 11.0. The minimum atomic E-state index is -0.231. The predicted molar refractivity (Wildman–Crippen MR) is 72.1 cm³/mol. The van der Waals surface area contributed by atoms with Crippen LogP contribution in [0, 0.1) is 0 Å². The van der Waals surface area contributed by atoms with E-state index in [2.05, 4.69) is 20.7 Å². The molecule has 0 fully saturated rings. The van der Waals surface area contributed by atoms with Crippen molar-refractivity contribution in [1.82, 2.24) is 0 Å². The first-order chi connectivity index (χ1) is 8.02. The van der Waals surface area contributed by atoms with Crippen molar-refractivity contribution in [2.24, 2.45) is 5.73 Å². The van der Waals surface area contributed by atoms with Crippen molar-refractivity contribution in [1.29, 1.82) is 0 Å². The van der Waals surface area contributed by atoms with Crippen molar-refractivity contribution < 1.29 is 9.53 Å². The van der Waals surface area contributed by atoms with Crippen molar-refractivity contribution in [3.63, 3.8) is 0 Å². The van der Waals surface area contributed by atoms with Crippen LogP contribution in [-0.4, -0.2) is 19.1 Å². The fourth-order valence-electron chi connectivity index (χ4n) is 1.49. The number of carbonyl (C=O) groups excluding carboxylic acids is 1. The number of carbonyl (C=O) groups is 1. The third-order valence-corrected chi connectivity index (χ3v) is 3.45. The molecule has 0 radical (unpaired) electrons. The lowest BCUT2D eigenvalue weighted by Crippen LogP contribution is -2.24. The van der Waals surface area contributed by atoms with Crippen LogP contribution in [0.4, 0.5) is 0 Å². The molecular weight excluding hydrogens is 305 g/mol. The zero-order valence-electron chi connectivity index (χ0n) is 9.58. The van der Waals surface area contributed by atoms with Crippen molar-refractivity contribution in [3.8, 4) is 0 Å². The molecule has 1 unspecified atom stereocenters. The van der Waals surface area contributed by atoms with E-state index in [1.807, 2.05) is 18.2 Å². The first-order valence-electron chi connectivity index (χ1n) is 5.29. The average Bonchev–Trinajstić information content (AvgIpc) is 2.30. The number of benzene rings is 1. The van der Waals surface area contributed by atoms with E-state index in [4.69, 9.17) is 17.3 Å². The first-order valence-corrected chi connectivity index (χ1v) is 6.46. The second-order valence-electron chi connectivity index (χ2n) is 3.81. The summed E-state index contributed by atoms with van der Waals surface area (Å²) >= 11 is 9.36. The highest BCUT2D eigenvalue weighted by atomic mass is 79.9. The standard InChI is InChI=1S/C12H15BrClNO2/c1-17-12(16)5-3-10(15)7-8-6-9(14)2-4-11(8)13/h2,4,6,10H,3,5,7,15H2,1H3. The molecule has 3 nitrogen and oxygen atoms in total. The van der Waals surface area contributed by atoms with Crippen LogP contribution >= 0.6 is 27.5 Å². The lowest BCUT2D eigenvalue weighted by atomic mass is 10.0. The smallest absolute Gasteiger partial charge is 0.305 e. The maximum Gasteiger partial charge on any atom is 0.305 e. The summed E-state index contributed by atoms with van der Waals surface area (Å²) in [6, 6.07) is 5.51. The zero-order chi connectivity index (χ0) is 12.8. The summed E-state index contributed by atoms with van der Waals surface area (Å²) in [7, 11) is 1.38. The molecule has 0 aliphatic heterocycles. The van der Waals surface area contributed by atoms with Gasteiger partial charge in [0, 0.05) is 22.0 Å². The van der Waals surface area contributed by atoms with Gasteiger partial charge < -0.3 is 10.5 Å². The molecule has 0 aromatic heterocycles. The number of halogens is 2. The van der Waals surface area contributed by atoms with E-state index in [0.717, 1.165) is 10.0 Å². The third-order valence-electron chi connectivity index (χ3n) is 2.44. The number of rotatable bonds is 5. The van der Waals surface area contributed by atoms with Gasteiger partial charge in [0.2, 0.25) is 0 Å². The molecular formula is C12H15BrClNO2. The van der Waals surface area contributed by atoms with E-state index in [1.54, 1.807) is 0 Å². The van der Waals surface area contributed by atoms with Gasteiger partial charge in [0.25, 0.3) is 0 Å². The van der Waals surface area contributed by atoms with Crippen LogP contribution < -0.4 is 5.73 Å². The van der Waals surface area contributed by atoms with Gasteiger partial charge in [-0.3, -0.25) is 4.79 Å². The van der Waals surface area contributed by atoms with Gasteiger partial charge >= 0.3 is 5.97 Å². The molecule has 0 bridgehead atoms. The molecule has 0 aliphatic carbocycles. The van der Waals surface area contributed by atoms with E-state index in [9.17, 15) is 4.79 Å². The minimum absolute atomic E-state index is 0.0798. The summed E-state index contributed by atoms with van der Waals surface area (Å²) in [5.41, 5.74) is 7.01. The molecule has 0 spiro atoms. The Hall–Kier alpha value is -0.580. The minimum Gasteiger partial charge on any atom is -0.469 e. The van der Waals surface area contributed by atoms with Crippen LogP contribution in [-0.2, 0) is 16.0 Å². The van der Waals surface area contributed by atoms with E-state index in [1.165, 1.54) is 7.11 Å². The number of ether oxygens (including phenoxy) is 1. The number of nitrogens with two attached hydrogens (primary N) is 1. The average molecular weight is 321 g/mol. The van der Waals surface area contributed by atoms with E-state index in [0.29, 0.717) is 24.3 Å². The predicted octanol–water partition coefficient (Wildman–Crippen LogP) is 2.93. The van der Waals surface area contributed by atoms with Crippen LogP contribution in [0.1, 0.15) is 18.4 Å². The Bertz CT molecular complexity index is 398. The van der Waals surface area contributed by atoms with Crippen molar-refractivity contribution in [2.45, 2.75) is 25.3 Å². The second-order valence-corrected chi connectivity index (χ2v) is 5.11. The molecule has 0 saturated carbocycles. The highest BCUT2D eigenvalue weighted by molar-refractivity contribution is 9.10. The van der Waals surface area contributed by atoms with E-state index in [-0.39, 0.29) is 12.0 Å². The molecule has 5 heteroatoms. The highest BCUT2D eigenvalue weighted by Gasteiger charge is 2.10. The summed E-state index contributed by atoms with van der Waals surface area (Å²) in [5.74, 6) is -0.231. The quantitative estimate of drug-likeness (QED) is 0.849. The van der Waals surface area contributed by atoms with Crippen molar-refractivity contribution in [2.75, 3.05) is 7.11 Å². The van der Waals surface area contributed by atoms with Crippen LogP contribution in [0.3, 0.4) is 0 Å². The Morgan fingerprint density at radius 3 is 2.94 bits per heavy atom. The molecule has 1 atom stereocenters. The first kappa shape index (κ1) is 14.5. The summed E-state index contributed by atoms with van der Waals surface area (Å²) < 4.78 is 5.55. The third kappa shape index (κ3) is 5.06. The number of methoxy groups -OCH3 is 1. The van der Waals surface area contributed by atoms with Crippen LogP contribution in [0.15, 0.2) is 22.7 Å². The molecule has 0 aliphatic rings. The fourth-order valence-corrected chi connectivity index (χ4v) is 2.09. The van der Waals surface area contributed by atoms with Crippen molar-refractivity contribution >= 4 is 33.5 Å². The summed E-state index contributed by atoms with van der Waals surface area (Å²) in [6.45, 7) is 0. The topological polar surface area (TPSA) is 52.3 Å². The fraction of sp³-hybridized carbons (Fsp3) is 0.417. The molecule has 0 heterocycles. The Morgan fingerprint density at radius 2 is 2.29 bits per heavy atom. The van der Waals surface area contributed by atoms with E-state index >= 15 is 0 Å². The molecule has 0 saturated heterocycles. The number of hydrogen-bond acceptors (Lipinski definition) is 3. The van der Waals surface area contributed by atoms with Gasteiger partial charge in [-0.15, -0.1) is 0 Å². The molecule has 2 N–H and O–H groups in total. The maximum atomic E-state index is 11.0. The lowest BCUT2D eigenvalue weighted by molar-refractivity contribution is -0.140. The zero-order valence-corrected chi connectivity index (χ0v) is 11.9. The van der Waals surface area contributed by atoms with Gasteiger partial charge in [0.1, 0.15) is 0 Å². The van der Waals surface area contributed by atoms with Crippen LogP contribution in [0.2, 0.25) is 5.02 Å². The molecule has 1 rings (SSSR count).